The van der Waals surface area contributed by atoms with E-state index in [1.165, 1.54) is 12.8 Å². The lowest BCUT2D eigenvalue weighted by molar-refractivity contribution is 0.0595. The Kier molecular flexibility index (Phi) is 4.07. The molecule has 88 valence electrons. The Hall–Kier alpha value is -0.740. The van der Waals surface area contributed by atoms with Crippen LogP contribution in [0, 0.1) is 5.92 Å². The van der Waals surface area contributed by atoms with Crippen molar-refractivity contribution in [1.82, 2.24) is 0 Å². The summed E-state index contributed by atoms with van der Waals surface area (Å²) in [6.07, 6.45) is 2.40. The minimum atomic E-state index is 0.604. The molecular formula is C12H17BrN2O. The number of anilines is 2. The number of halogens is 1. The van der Waals surface area contributed by atoms with Crippen LogP contribution in [0.3, 0.4) is 0 Å². The van der Waals surface area contributed by atoms with Crippen LogP contribution in [0.4, 0.5) is 11.4 Å². The Balaban J connectivity index is 1.90. The summed E-state index contributed by atoms with van der Waals surface area (Å²) < 4.78 is 6.49. The van der Waals surface area contributed by atoms with E-state index in [2.05, 4.69) is 21.2 Å². The Morgan fingerprint density at radius 3 is 3.12 bits per heavy atom. The summed E-state index contributed by atoms with van der Waals surface area (Å²) in [6.45, 7) is 2.71. The van der Waals surface area contributed by atoms with Crippen molar-refractivity contribution < 1.29 is 4.74 Å². The Labute approximate surface area is 104 Å². The number of nitrogens with two attached hydrogens (primary N) is 1. The van der Waals surface area contributed by atoms with E-state index in [1.807, 2.05) is 18.2 Å². The van der Waals surface area contributed by atoms with Gasteiger partial charge in [0.1, 0.15) is 0 Å². The van der Waals surface area contributed by atoms with Gasteiger partial charge < -0.3 is 15.8 Å². The van der Waals surface area contributed by atoms with Crippen LogP contribution in [0.15, 0.2) is 22.7 Å². The van der Waals surface area contributed by atoms with Gasteiger partial charge >= 0.3 is 0 Å². The van der Waals surface area contributed by atoms with Crippen molar-refractivity contribution >= 4 is 27.3 Å². The van der Waals surface area contributed by atoms with Crippen LogP contribution in [-0.4, -0.2) is 19.8 Å². The van der Waals surface area contributed by atoms with Crippen LogP contribution in [-0.2, 0) is 4.74 Å². The van der Waals surface area contributed by atoms with Crippen molar-refractivity contribution in [3.05, 3.63) is 22.7 Å². The zero-order chi connectivity index (χ0) is 11.4. The third-order valence-electron chi connectivity index (χ3n) is 2.85. The molecule has 3 N–H and O–H groups in total. The summed E-state index contributed by atoms with van der Waals surface area (Å²) in [5.41, 5.74) is 7.68. The molecule has 0 bridgehead atoms. The van der Waals surface area contributed by atoms with Crippen molar-refractivity contribution in [1.29, 1.82) is 0 Å². The molecule has 1 atom stereocenters. The number of ether oxygens (including phenoxy) is 1. The topological polar surface area (TPSA) is 47.3 Å². The van der Waals surface area contributed by atoms with Crippen molar-refractivity contribution in [3.63, 3.8) is 0 Å². The molecular weight excluding hydrogens is 268 g/mol. The normalized spacial score (nSPS) is 20.7. The molecule has 4 heteroatoms. The molecule has 16 heavy (non-hydrogen) atoms. The van der Waals surface area contributed by atoms with Gasteiger partial charge in [0.05, 0.1) is 18.0 Å². The fourth-order valence-electron chi connectivity index (χ4n) is 1.90. The van der Waals surface area contributed by atoms with Gasteiger partial charge in [-0.15, -0.1) is 0 Å². The van der Waals surface area contributed by atoms with Gasteiger partial charge in [0, 0.05) is 17.6 Å². The summed E-state index contributed by atoms with van der Waals surface area (Å²) in [7, 11) is 0. The quantitative estimate of drug-likeness (QED) is 0.839. The molecule has 3 nitrogen and oxygen atoms in total. The summed E-state index contributed by atoms with van der Waals surface area (Å²) in [5, 5.41) is 3.39. The van der Waals surface area contributed by atoms with Gasteiger partial charge in [0.2, 0.25) is 0 Å². The molecule has 1 saturated heterocycles. The molecule has 2 rings (SSSR count). The van der Waals surface area contributed by atoms with Crippen molar-refractivity contribution in [3.8, 4) is 0 Å². The van der Waals surface area contributed by atoms with E-state index in [0.29, 0.717) is 5.92 Å². The Morgan fingerprint density at radius 1 is 1.50 bits per heavy atom. The van der Waals surface area contributed by atoms with Gasteiger partial charge in [-0.1, -0.05) is 15.9 Å². The minimum Gasteiger partial charge on any atom is -0.397 e. The number of rotatable bonds is 3. The second kappa shape index (κ2) is 5.55. The summed E-state index contributed by atoms with van der Waals surface area (Å²) >= 11 is 3.44. The summed E-state index contributed by atoms with van der Waals surface area (Å²) in [4.78, 5) is 0. The molecule has 1 aromatic rings. The van der Waals surface area contributed by atoms with E-state index in [0.717, 1.165) is 35.6 Å². The lowest BCUT2D eigenvalue weighted by atomic mass is 10.0. The van der Waals surface area contributed by atoms with E-state index >= 15 is 0 Å². The highest BCUT2D eigenvalue weighted by atomic mass is 79.9. The maximum Gasteiger partial charge on any atom is 0.0585 e. The Morgan fingerprint density at radius 2 is 2.38 bits per heavy atom. The molecule has 0 saturated carbocycles. The van der Waals surface area contributed by atoms with Crippen LogP contribution >= 0.6 is 15.9 Å². The monoisotopic (exact) mass is 284 g/mol. The van der Waals surface area contributed by atoms with Gasteiger partial charge in [-0.2, -0.15) is 0 Å². The predicted molar refractivity (Wildman–Crippen MR) is 70.6 cm³/mol. The lowest BCUT2D eigenvalue weighted by Gasteiger charge is -2.23. The SMILES string of the molecule is Nc1ccc(Br)cc1NCC1CCCOC1. The molecule has 0 spiro atoms. The second-order valence-corrected chi connectivity index (χ2v) is 5.11. The van der Waals surface area contributed by atoms with Crippen LogP contribution in [0.25, 0.3) is 0 Å². The number of benzene rings is 1. The van der Waals surface area contributed by atoms with Crippen LogP contribution in [0.2, 0.25) is 0 Å². The third-order valence-corrected chi connectivity index (χ3v) is 3.34. The standard InChI is InChI=1S/C12H17BrN2O/c13-10-3-4-11(14)12(6-10)15-7-9-2-1-5-16-8-9/h3-4,6,9,15H,1-2,5,7-8,14H2. The van der Waals surface area contributed by atoms with Gasteiger partial charge in [-0.25, -0.2) is 0 Å². The minimum absolute atomic E-state index is 0.604. The molecule has 1 fully saturated rings. The average molecular weight is 285 g/mol. The van der Waals surface area contributed by atoms with Crippen molar-refractivity contribution in [2.45, 2.75) is 12.8 Å². The fourth-order valence-corrected chi connectivity index (χ4v) is 2.27. The maximum atomic E-state index is 5.89. The highest BCUT2D eigenvalue weighted by Gasteiger charge is 2.13. The second-order valence-electron chi connectivity index (χ2n) is 4.20. The molecule has 1 aromatic carbocycles. The van der Waals surface area contributed by atoms with E-state index < -0.39 is 0 Å². The van der Waals surface area contributed by atoms with Gasteiger partial charge in [0.25, 0.3) is 0 Å². The number of hydrogen-bond acceptors (Lipinski definition) is 3. The van der Waals surface area contributed by atoms with Gasteiger partial charge in [-0.3, -0.25) is 0 Å². The molecule has 1 aliphatic rings. The Bertz CT molecular complexity index is 351. The fraction of sp³-hybridized carbons (Fsp3) is 0.500. The smallest absolute Gasteiger partial charge is 0.0585 e. The first-order chi connectivity index (χ1) is 7.75. The zero-order valence-electron chi connectivity index (χ0n) is 9.21. The van der Waals surface area contributed by atoms with Gasteiger partial charge in [0.15, 0.2) is 0 Å². The van der Waals surface area contributed by atoms with Crippen LogP contribution in [0.5, 0.6) is 0 Å². The highest BCUT2D eigenvalue weighted by molar-refractivity contribution is 9.10. The van der Waals surface area contributed by atoms with E-state index in [4.69, 9.17) is 10.5 Å². The third kappa shape index (κ3) is 3.12. The van der Waals surface area contributed by atoms with Crippen molar-refractivity contribution in [2.75, 3.05) is 30.8 Å². The molecule has 0 amide bonds. The lowest BCUT2D eigenvalue weighted by Crippen LogP contribution is -2.24. The first kappa shape index (κ1) is 11.7. The molecule has 0 aliphatic carbocycles. The largest absolute Gasteiger partial charge is 0.397 e. The number of nitrogen functional groups attached to an aromatic ring is 1. The van der Waals surface area contributed by atoms with Crippen LogP contribution < -0.4 is 11.1 Å². The number of nitrogens with one attached hydrogen (secondary N) is 1. The summed E-state index contributed by atoms with van der Waals surface area (Å²) in [6, 6.07) is 5.87. The molecule has 0 aromatic heterocycles. The van der Waals surface area contributed by atoms with E-state index in [-0.39, 0.29) is 0 Å². The zero-order valence-corrected chi connectivity index (χ0v) is 10.8. The highest BCUT2D eigenvalue weighted by Crippen LogP contribution is 2.24. The van der Waals surface area contributed by atoms with E-state index in [9.17, 15) is 0 Å². The van der Waals surface area contributed by atoms with Crippen molar-refractivity contribution in [2.24, 2.45) is 5.92 Å². The average Bonchev–Trinajstić information content (AvgIpc) is 2.32. The molecule has 1 unspecified atom stereocenters. The first-order valence-corrected chi connectivity index (χ1v) is 6.41. The number of hydrogen-bond donors (Lipinski definition) is 2. The molecule has 1 heterocycles. The molecule has 0 radical (unpaired) electrons. The molecule has 1 aliphatic heterocycles. The van der Waals surface area contributed by atoms with E-state index in [1.54, 1.807) is 0 Å². The predicted octanol–water partition coefficient (Wildman–Crippen LogP) is 2.87. The first-order valence-electron chi connectivity index (χ1n) is 5.62. The van der Waals surface area contributed by atoms with Gasteiger partial charge in [-0.05, 0) is 37.0 Å². The summed E-state index contributed by atoms with van der Waals surface area (Å²) in [5.74, 6) is 0.604. The van der Waals surface area contributed by atoms with Crippen LogP contribution in [0.1, 0.15) is 12.8 Å². The maximum absolute atomic E-state index is 5.89.